The number of rotatable bonds is 11. The average Bonchev–Trinajstić information content (AvgIpc) is 3.35. The van der Waals surface area contributed by atoms with Crippen molar-refractivity contribution in [3.63, 3.8) is 0 Å². The zero-order valence-electron chi connectivity index (χ0n) is 19.7. The molecule has 4 aromatic rings. The minimum atomic E-state index is -0.316. The lowest BCUT2D eigenvalue weighted by Crippen LogP contribution is -2.08. The predicted octanol–water partition coefficient (Wildman–Crippen LogP) is 5.34. The number of benzene rings is 2. The summed E-state index contributed by atoms with van der Waals surface area (Å²) >= 11 is 1.27. The molecule has 1 N–H and O–H groups in total. The second-order valence-electron chi connectivity index (χ2n) is 7.83. The molecule has 0 saturated heterocycles. The molecule has 0 radical (unpaired) electrons. The fourth-order valence-electron chi connectivity index (χ4n) is 3.74. The average molecular weight is 510 g/mol. The van der Waals surface area contributed by atoms with Crippen molar-refractivity contribution in [3.05, 3.63) is 71.0 Å². The molecule has 4 rings (SSSR count). The first-order chi connectivity index (χ1) is 17.4. The van der Waals surface area contributed by atoms with Gasteiger partial charge < -0.3 is 19.3 Å². The number of thiophene rings is 1. The van der Waals surface area contributed by atoms with Gasteiger partial charge >= 0.3 is 0 Å². The summed E-state index contributed by atoms with van der Waals surface area (Å²) in [6.45, 7) is -0.0463. The maximum atomic E-state index is 14.2. The summed E-state index contributed by atoms with van der Waals surface area (Å²) < 4.78 is 30.7. The van der Waals surface area contributed by atoms with Crippen LogP contribution in [-0.2, 0) is 0 Å². The smallest absolute Gasteiger partial charge is 0.181 e. The van der Waals surface area contributed by atoms with Gasteiger partial charge in [-0.05, 0) is 24.3 Å². The number of aromatic nitrogens is 1. The number of fused-ring (bicyclic) bond motifs is 1. The van der Waals surface area contributed by atoms with Crippen LogP contribution in [0, 0.1) is 5.82 Å². The Morgan fingerprint density at radius 3 is 2.56 bits per heavy atom. The van der Waals surface area contributed by atoms with Crippen LogP contribution in [0.2, 0.25) is 0 Å². The predicted molar refractivity (Wildman–Crippen MR) is 135 cm³/mol. The molecule has 0 unspecified atom stereocenters. The van der Waals surface area contributed by atoms with Crippen molar-refractivity contribution in [2.45, 2.75) is 12.8 Å². The number of Topliss-reactive ketones (excluding diaryl/α,β-unsaturated/α-hetero) is 2. The number of pyridine rings is 1. The van der Waals surface area contributed by atoms with E-state index < -0.39 is 0 Å². The highest BCUT2D eigenvalue weighted by atomic mass is 32.1. The summed E-state index contributed by atoms with van der Waals surface area (Å²) in [5.74, 6) is 0.342. The van der Waals surface area contributed by atoms with E-state index >= 15 is 0 Å². The van der Waals surface area contributed by atoms with Crippen molar-refractivity contribution >= 4 is 33.0 Å². The molecular formula is C27H24FNO6S. The number of hydrogen-bond acceptors (Lipinski definition) is 8. The van der Waals surface area contributed by atoms with Crippen LogP contribution < -0.4 is 14.2 Å². The third kappa shape index (κ3) is 5.37. The summed E-state index contributed by atoms with van der Waals surface area (Å²) in [7, 11) is 2.94. The van der Waals surface area contributed by atoms with Crippen molar-refractivity contribution in [2.75, 3.05) is 27.4 Å². The van der Waals surface area contributed by atoms with E-state index in [4.69, 9.17) is 19.3 Å². The van der Waals surface area contributed by atoms with Gasteiger partial charge in [0.15, 0.2) is 23.1 Å². The van der Waals surface area contributed by atoms with Crippen LogP contribution >= 0.6 is 11.3 Å². The van der Waals surface area contributed by atoms with E-state index in [2.05, 4.69) is 4.98 Å². The Labute approximate surface area is 211 Å². The molecule has 7 nitrogen and oxygen atoms in total. The largest absolute Gasteiger partial charge is 0.497 e. The van der Waals surface area contributed by atoms with Gasteiger partial charge in [-0.2, -0.15) is 0 Å². The molecule has 2 aromatic heterocycles. The van der Waals surface area contributed by atoms with Gasteiger partial charge in [-0.15, -0.1) is 11.3 Å². The van der Waals surface area contributed by atoms with Gasteiger partial charge in [0.25, 0.3) is 0 Å². The van der Waals surface area contributed by atoms with E-state index in [0.29, 0.717) is 44.2 Å². The van der Waals surface area contributed by atoms with Gasteiger partial charge in [-0.3, -0.25) is 9.59 Å². The Bertz CT molecular complexity index is 1420. The lowest BCUT2D eigenvalue weighted by atomic mass is 10.0. The van der Waals surface area contributed by atoms with Gasteiger partial charge in [0.2, 0.25) is 0 Å². The highest BCUT2D eigenvalue weighted by Crippen LogP contribution is 2.36. The molecule has 2 heterocycles. The van der Waals surface area contributed by atoms with Crippen molar-refractivity contribution in [1.29, 1.82) is 0 Å². The minimum absolute atomic E-state index is 0.0281. The highest BCUT2D eigenvalue weighted by molar-refractivity contribution is 7.17. The summed E-state index contributed by atoms with van der Waals surface area (Å²) in [6.07, 6.45) is -0.0812. The van der Waals surface area contributed by atoms with Crippen LogP contribution in [0.25, 0.3) is 21.3 Å². The van der Waals surface area contributed by atoms with Crippen LogP contribution in [0.4, 0.5) is 4.39 Å². The molecule has 186 valence electrons. The SMILES string of the molecule is COc1cc(C(=O)CCC(=O)c2ccc(OCCO)c(OC)c2)nc(-c2csc3c(F)cccc23)c1. The van der Waals surface area contributed by atoms with Gasteiger partial charge in [0, 0.05) is 46.9 Å². The molecule has 0 saturated carbocycles. The summed E-state index contributed by atoms with van der Waals surface area (Å²) in [5.41, 5.74) is 1.73. The first-order valence-electron chi connectivity index (χ1n) is 11.2. The molecule has 9 heteroatoms. The van der Waals surface area contributed by atoms with E-state index in [9.17, 15) is 14.0 Å². The van der Waals surface area contributed by atoms with Crippen LogP contribution in [-0.4, -0.2) is 49.1 Å². The third-order valence-electron chi connectivity index (χ3n) is 5.56. The van der Waals surface area contributed by atoms with Crippen molar-refractivity contribution in [3.8, 4) is 28.5 Å². The third-order valence-corrected chi connectivity index (χ3v) is 6.57. The summed E-state index contributed by atoms with van der Waals surface area (Å²) in [4.78, 5) is 30.3. The summed E-state index contributed by atoms with van der Waals surface area (Å²) in [5, 5.41) is 11.4. The molecule has 0 atom stereocenters. The number of aliphatic hydroxyl groups is 1. The molecule has 0 aliphatic carbocycles. The van der Waals surface area contributed by atoms with Crippen LogP contribution in [0.1, 0.15) is 33.7 Å². The topological polar surface area (TPSA) is 95.0 Å². The number of methoxy groups -OCH3 is 2. The lowest BCUT2D eigenvalue weighted by Gasteiger charge is -2.11. The quantitative estimate of drug-likeness (QED) is 0.273. The normalized spacial score (nSPS) is 10.9. The summed E-state index contributed by atoms with van der Waals surface area (Å²) in [6, 6.07) is 12.8. The fraction of sp³-hybridized carbons (Fsp3) is 0.222. The first kappa shape index (κ1) is 25.3. The fourth-order valence-corrected chi connectivity index (χ4v) is 4.71. The van der Waals surface area contributed by atoms with Crippen LogP contribution in [0.15, 0.2) is 53.9 Å². The molecular weight excluding hydrogens is 485 g/mol. The lowest BCUT2D eigenvalue weighted by molar-refractivity contribution is 0.0914. The molecule has 2 aromatic carbocycles. The highest BCUT2D eigenvalue weighted by Gasteiger charge is 2.18. The molecule has 0 spiro atoms. The number of aliphatic hydroxyl groups excluding tert-OH is 1. The van der Waals surface area contributed by atoms with Crippen LogP contribution in [0.5, 0.6) is 17.2 Å². The van der Waals surface area contributed by atoms with E-state index in [0.717, 1.165) is 0 Å². The minimum Gasteiger partial charge on any atom is -0.497 e. The van der Waals surface area contributed by atoms with Crippen LogP contribution in [0.3, 0.4) is 0 Å². The monoisotopic (exact) mass is 509 g/mol. The zero-order valence-corrected chi connectivity index (χ0v) is 20.6. The standard InChI is InChI=1S/C27H24FNO6S/c1-33-17-13-21(19-15-36-27-18(19)4-3-5-20(27)28)29-22(14-17)24(32)8-7-23(31)16-6-9-25(35-11-10-30)26(12-16)34-2/h3-6,9,12-15,30H,7-8,10-11H2,1-2H3. The van der Waals surface area contributed by atoms with E-state index in [-0.39, 0.29) is 49.1 Å². The number of ether oxygens (including phenoxy) is 3. The van der Waals surface area contributed by atoms with Crippen molar-refractivity contribution in [1.82, 2.24) is 4.98 Å². The van der Waals surface area contributed by atoms with Gasteiger partial charge in [-0.1, -0.05) is 12.1 Å². The Kier molecular flexibility index (Phi) is 7.92. The molecule has 0 bridgehead atoms. The Morgan fingerprint density at radius 2 is 1.81 bits per heavy atom. The number of halogens is 1. The Hall–Kier alpha value is -3.82. The number of nitrogens with zero attached hydrogens (tertiary/aromatic N) is 1. The number of carbonyl (C=O) groups excluding carboxylic acids is 2. The maximum absolute atomic E-state index is 14.2. The number of hydrogen-bond donors (Lipinski definition) is 1. The van der Waals surface area contributed by atoms with E-state index in [1.54, 1.807) is 41.8 Å². The van der Waals surface area contributed by atoms with Crippen molar-refractivity contribution in [2.24, 2.45) is 0 Å². The number of carbonyl (C=O) groups is 2. The molecule has 0 amide bonds. The van der Waals surface area contributed by atoms with Gasteiger partial charge in [-0.25, -0.2) is 9.37 Å². The van der Waals surface area contributed by atoms with Gasteiger partial charge in [0.05, 0.1) is 31.2 Å². The molecule has 0 aliphatic rings. The maximum Gasteiger partial charge on any atom is 0.181 e. The molecule has 0 aliphatic heterocycles. The molecule has 36 heavy (non-hydrogen) atoms. The van der Waals surface area contributed by atoms with Crippen molar-refractivity contribution < 1.29 is 33.3 Å². The zero-order chi connectivity index (χ0) is 25.7. The Morgan fingerprint density at radius 1 is 1.00 bits per heavy atom. The Balaban J connectivity index is 1.53. The number of ketones is 2. The van der Waals surface area contributed by atoms with E-state index in [1.807, 2.05) is 0 Å². The second-order valence-corrected chi connectivity index (χ2v) is 8.71. The second kappa shape index (κ2) is 11.3. The first-order valence-corrected chi connectivity index (χ1v) is 12.0. The van der Waals surface area contributed by atoms with Gasteiger partial charge in [0.1, 0.15) is 23.9 Å². The van der Waals surface area contributed by atoms with E-state index in [1.165, 1.54) is 37.7 Å². The molecule has 0 fully saturated rings.